The molecule has 0 aromatic carbocycles. The summed E-state index contributed by atoms with van der Waals surface area (Å²) in [4.78, 5) is 12.2. The van der Waals surface area contributed by atoms with E-state index in [0.29, 0.717) is 6.54 Å². The van der Waals surface area contributed by atoms with Crippen molar-refractivity contribution < 1.29 is 13.2 Å². The van der Waals surface area contributed by atoms with Gasteiger partial charge in [0.1, 0.15) is 0 Å². The van der Waals surface area contributed by atoms with Crippen LogP contribution in [0, 0.1) is 5.92 Å². The maximum atomic E-state index is 12.2. The topological polar surface area (TPSA) is 69.7 Å². The van der Waals surface area contributed by atoms with Gasteiger partial charge in [0.15, 0.2) is 0 Å². The summed E-state index contributed by atoms with van der Waals surface area (Å²) < 4.78 is 26.8. The molecular formula is C13H27N3O3S. The lowest BCUT2D eigenvalue weighted by Gasteiger charge is -2.33. The monoisotopic (exact) mass is 305 g/mol. The van der Waals surface area contributed by atoms with Gasteiger partial charge >= 0.3 is 0 Å². The van der Waals surface area contributed by atoms with Gasteiger partial charge in [-0.3, -0.25) is 4.79 Å². The number of piperidine rings is 1. The normalized spacial score (nSPS) is 22.8. The SMILES string of the molecule is CCC[C@@H](C)NC(=O)[C@H]1CCCN(S(=O)(=O)N(C)C)C1. The molecule has 2 atom stereocenters. The molecule has 0 aromatic heterocycles. The average molecular weight is 305 g/mol. The number of carbonyl (C=O) groups excluding carboxylic acids is 1. The molecule has 1 amide bonds. The van der Waals surface area contributed by atoms with E-state index in [1.165, 1.54) is 22.7 Å². The van der Waals surface area contributed by atoms with Crippen molar-refractivity contribution in [1.82, 2.24) is 13.9 Å². The molecule has 0 spiro atoms. The molecule has 1 saturated heterocycles. The quantitative estimate of drug-likeness (QED) is 0.789. The minimum atomic E-state index is -3.42. The molecule has 0 aliphatic carbocycles. The first-order valence-electron chi connectivity index (χ1n) is 7.27. The van der Waals surface area contributed by atoms with Gasteiger partial charge in [0, 0.05) is 33.2 Å². The first kappa shape index (κ1) is 17.4. The Bertz CT molecular complexity index is 423. The molecule has 1 rings (SSSR count). The maximum Gasteiger partial charge on any atom is 0.281 e. The molecule has 7 heteroatoms. The van der Waals surface area contributed by atoms with Crippen molar-refractivity contribution in [2.75, 3.05) is 27.2 Å². The Morgan fingerprint density at radius 3 is 2.65 bits per heavy atom. The van der Waals surface area contributed by atoms with Crippen molar-refractivity contribution in [3.63, 3.8) is 0 Å². The molecular weight excluding hydrogens is 278 g/mol. The second kappa shape index (κ2) is 7.38. The van der Waals surface area contributed by atoms with E-state index in [1.807, 2.05) is 6.92 Å². The fourth-order valence-corrected chi connectivity index (χ4v) is 3.65. The third-order valence-corrected chi connectivity index (χ3v) is 5.56. The molecule has 0 aromatic rings. The Morgan fingerprint density at radius 2 is 2.10 bits per heavy atom. The lowest BCUT2D eigenvalue weighted by molar-refractivity contribution is -0.126. The first-order valence-corrected chi connectivity index (χ1v) is 8.66. The van der Waals surface area contributed by atoms with E-state index in [9.17, 15) is 13.2 Å². The molecule has 1 heterocycles. The summed E-state index contributed by atoms with van der Waals surface area (Å²) in [6, 6.07) is 0.147. The van der Waals surface area contributed by atoms with Crippen LogP contribution in [0.1, 0.15) is 39.5 Å². The summed E-state index contributed by atoms with van der Waals surface area (Å²) in [5, 5.41) is 2.98. The lowest BCUT2D eigenvalue weighted by atomic mass is 9.98. The van der Waals surface area contributed by atoms with Crippen LogP contribution in [0.15, 0.2) is 0 Å². The summed E-state index contributed by atoms with van der Waals surface area (Å²) in [5.41, 5.74) is 0. The van der Waals surface area contributed by atoms with Crippen LogP contribution in [-0.4, -0.2) is 56.2 Å². The van der Waals surface area contributed by atoms with Crippen LogP contribution in [0.5, 0.6) is 0 Å². The van der Waals surface area contributed by atoms with Crippen LogP contribution in [-0.2, 0) is 15.0 Å². The molecule has 0 unspecified atom stereocenters. The molecule has 20 heavy (non-hydrogen) atoms. The van der Waals surface area contributed by atoms with Crippen molar-refractivity contribution >= 4 is 16.1 Å². The highest BCUT2D eigenvalue weighted by atomic mass is 32.2. The predicted octanol–water partition coefficient (Wildman–Crippen LogP) is 0.810. The van der Waals surface area contributed by atoms with Gasteiger partial charge in [-0.2, -0.15) is 17.0 Å². The Hall–Kier alpha value is -0.660. The fourth-order valence-electron chi connectivity index (χ4n) is 2.46. The molecule has 6 nitrogen and oxygen atoms in total. The highest BCUT2D eigenvalue weighted by Gasteiger charge is 2.33. The fraction of sp³-hybridized carbons (Fsp3) is 0.923. The number of amides is 1. The van der Waals surface area contributed by atoms with Crippen molar-refractivity contribution in [2.24, 2.45) is 5.92 Å². The van der Waals surface area contributed by atoms with Crippen molar-refractivity contribution in [3.05, 3.63) is 0 Å². The number of nitrogens with zero attached hydrogens (tertiary/aromatic N) is 2. The Morgan fingerprint density at radius 1 is 1.45 bits per heavy atom. The largest absolute Gasteiger partial charge is 0.353 e. The lowest BCUT2D eigenvalue weighted by Crippen LogP contribution is -2.49. The number of hydrogen-bond acceptors (Lipinski definition) is 3. The van der Waals surface area contributed by atoms with Crippen LogP contribution < -0.4 is 5.32 Å². The Kier molecular flexibility index (Phi) is 6.42. The second-order valence-corrected chi connectivity index (χ2v) is 7.83. The highest BCUT2D eigenvalue weighted by molar-refractivity contribution is 7.86. The van der Waals surface area contributed by atoms with Gasteiger partial charge in [0.05, 0.1) is 5.92 Å². The van der Waals surface area contributed by atoms with Crippen LogP contribution in [0.2, 0.25) is 0 Å². The summed E-state index contributed by atoms with van der Waals surface area (Å²) >= 11 is 0. The zero-order valence-corrected chi connectivity index (χ0v) is 13.7. The standard InChI is InChI=1S/C13H27N3O3S/c1-5-7-11(2)14-13(17)12-8-6-9-16(10-12)20(18,19)15(3)4/h11-12H,5-10H2,1-4H3,(H,14,17)/t11-,12+/m1/s1. The zero-order chi connectivity index (χ0) is 15.3. The van der Waals surface area contributed by atoms with E-state index in [0.717, 1.165) is 25.7 Å². The minimum Gasteiger partial charge on any atom is -0.353 e. The Balaban J connectivity index is 2.63. The van der Waals surface area contributed by atoms with Gasteiger partial charge in [-0.1, -0.05) is 13.3 Å². The van der Waals surface area contributed by atoms with Gasteiger partial charge in [-0.05, 0) is 26.2 Å². The van der Waals surface area contributed by atoms with Crippen LogP contribution >= 0.6 is 0 Å². The molecule has 1 aliphatic heterocycles. The molecule has 1 N–H and O–H groups in total. The van der Waals surface area contributed by atoms with Crippen LogP contribution in [0.3, 0.4) is 0 Å². The van der Waals surface area contributed by atoms with E-state index in [4.69, 9.17) is 0 Å². The van der Waals surface area contributed by atoms with E-state index in [1.54, 1.807) is 0 Å². The highest BCUT2D eigenvalue weighted by Crippen LogP contribution is 2.20. The van der Waals surface area contributed by atoms with Gasteiger partial charge in [0.25, 0.3) is 10.2 Å². The van der Waals surface area contributed by atoms with E-state index < -0.39 is 10.2 Å². The van der Waals surface area contributed by atoms with Gasteiger partial charge in [-0.15, -0.1) is 0 Å². The maximum absolute atomic E-state index is 12.2. The summed E-state index contributed by atoms with van der Waals surface area (Å²) in [6.45, 7) is 4.84. The predicted molar refractivity (Wildman–Crippen MR) is 79.4 cm³/mol. The summed E-state index contributed by atoms with van der Waals surface area (Å²) in [7, 11) is -0.386. The zero-order valence-electron chi connectivity index (χ0n) is 12.9. The molecule has 0 saturated carbocycles. The number of carbonyl (C=O) groups is 1. The van der Waals surface area contributed by atoms with Crippen LogP contribution in [0.25, 0.3) is 0 Å². The van der Waals surface area contributed by atoms with Crippen molar-refractivity contribution in [2.45, 2.75) is 45.6 Å². The Labute approximate surface area is 122 Å². The molecule has 118 valence electrons. The van der Waals surface area contributed by atoms with Gasteiger partial charge in [-0.25, -0.2) is 0 Å². The van der Waals surface area contributed by atoms with Gasteiger partial charge < -0.3 is 5.32 Å². The smallest absolute Gasteiger partial charge is 0.281 e. The first-order chi connectivity index (χ1) is 9.28. The minimum absolute atomic E-state index is 0.0235. The van der Waals surface area contributed by atoms with Crippen molar-refractivity contribution in [1.29, 1.82) is 0 Å². The number of nitrogens with one attached hydrogen (secondary N) is 1. The molecule has 0 radical (unpaired) electrons. The molecule has 1 fully saturated rings. The molecule has 1 aliphatic rings. The summed E-state index contributed by atoms with van der Waals surface area (Å²) in [6.07, 6.45) is 3.45. The van der Waals surface area contributed by atoms with Gasteiger partial charge in [0.2, 0.25) is 5.91 Å². The summed E-state index contributed by atoms with van der Waals surface area (Å²) in [5.74, 6) is -0.262. The second-order valence-electron chi connectivity index (χ2n) is 5.69. The average Bonchev–Trinajstić information content (AvgIpc) is 2.38. The van der Waals surface area contributed by atoms with E-state index >= 15 is 0 Å². The third-order valence-electron chi connectivity index (χ3n) is 3.65. The van der Waals surface area contributed by atoms with E-state index in [-0.39, 0.29) is 24.4 Å². The molecule has 0 bridgehead atoms. The van der Waals surface area contributed by atoms with Crippen molar-refractivity contribution in [3.8, 4) is 0 Å². The number of hydrogen-bond donors (Lipinski definition) is 1. The third kappa shape index (κ3) is 4.43. The van der Waals surface area contributed by atoms with Crippen LogP contribution in [0.4, 0.5) is 0 Å². The number of rotatable bonds is 6. The van der Waals surface area contributed by atoms with E-state index in [2.05, 4.69) is 12.2 Å².